The highest BCUT2D eigenvalue weighted by Crippen LogP contribution is 2.45. The highest BCUT2D eigenvalue weighted by molar-refractivity contribution is 7.99. The molecule has 3 rings (SSSR count). The van der Waals surface area contributed by atoms with Gasteiger partial charge < -0.3 is 14.8 Å². The standard InChI is InChI=1S/C24H28N2O7S/c1-5-34-11-10-33-24(29)19-14(3)25-17-12-13(2)18(23(28)32-4)22(27)21(17)20(19)15-6-8-16(9-7-15)26(30)31/h6-9,13,18,20,25H,5,10-12H2,1-4H3/t13-,18-,20+/m0/s1. The van der Waals surface area contributed by atoms with Crippen molar-refractivity contribution in [3.8, 4) is 0 Å². The van der Waals surface area contributed by atoms with Gasteiger partial charge in [-0.3, -0.25) is 19.7 Å². The second-order valence-electron chi connectivity index (χ2n) is 8.22. The van der Waals surface area contributed by atoms with E-state index in [2.05, 4.69) is 5.32 Å². The predicted molar refractivity (Wildman–Crippen MR) is 127 cm³/mol. The first-order valence-electron chi connectivity index (χ1n) is 11.0. The zero-order valence-corrected chi connectivity index (χ0v) is 20.4. The molecule has 1 aliphatic carbocycles. The van der Waals surface area contributed by atoms with Gasteiger partial charge >= 0.3 is 11.9 Å². The monoisotopic (exact) mass is 488 g/mol. The summed E-state index contributed by atoms with van der Waals surface area (Å²) in [6, 6.07) is 5.73. The average molecular weight is 489 g/mol. The highest BCUT2D eigenvalue weighted by Gasteiger charge is 2.47. The third kappa shape index (κ3) is 5.01. The van der Waals surface area contributed by atoms with Gasteiger partial charge in [0.05, 0.1) is 17.6 Å². The molecule has 1 aromatic carbocycles. The van der Waals surface area contributed by atoms with Crippen LogP contribution >= 0.6 is 11.8 Å². The van der Waals surface area contributed by atoms with Crippen LogP contribution in [0.4, 0.5) is 5.69 Å². The third-order valence-electron chi connectivity index (χ3n) is 6.07. The van der Waals surface area contributed by atoms with Crippen molar-refractivity contribution in [2.75, 3.05) is 25.2 Å². The van der Waals surface area contributed by atoms with Crippen molar-refractivity contribution < 1.29 is 28.8 Å². The van der Waals surface area contributed by atoms with E-state index in [1.807, 2.05) is 6.92 Å². The number of allylic oxidation sites excluding steroid dienone is 3. The molecule has 34 heavy (non-hydrogen) atoms. The van der Waals surface area contributed by atoms with Crippen molar-refractivity contribution in [3.63, 3.8) is 0 Å². The summed E-state index contributed by atoms with van der Waals surface area (Å²) in [6.07, 6.45) is 0.414. The first kappa shape index (κ1) is 25.5. The Hall–Kier alpha value is -3.14. The number of ketones is 1. The molecule has 182 valence electrons. The van der Waals surface area contributed by atoms with Crippen LogP contribution in [0.25, 0.3) is 0 Å². The number of nitrogens with zero attached hydrogens (tertiary/aromatic N) is 1. The fourth-order valence-electron chi connectivity index (χ4n) is 4.49. The summed E-state index contributed by atoms with van der Waals surface area (Å²) in [7, 11) is 1.24. The number of nitrogens with one attached hydrogen (secondary N) is 1. The minimum absolute atomic E-state index is 0.107. The Bertz CT molecular complexity index is 1060. The van der Waals surface area contributed by atoms with Gasteiger partial charge in [0.25, 0.3) is 5.69 Å². The van der Waals surface area contributed by atoms with Crippen LogP contribution in [0, 0.1) is 22.0 Å². The summed E-state index contributed by atoms with van der Waals surface area (Å²) in [6.45, 7) is 5.76. The second-order valence-corrected chi connectivity index (χ2v) is 9.61. The molecule has 3 atom stereocenters. The smallest absolute Gasteiger partial charge is 0.336 e. The minimum Gasteiger partial charge on any atom is -0.468 e. The number of nitro groups is 1. The maximum Gasteiger partial charge on any atom is 0.336 e. The van der Waals surface area contributed by atoms with Crippen LogP contribution < -0.4 is 5.32 Å². The van der Waals surface area contributed by atoms with Gasteiger partial charge in [-0.25, -0.2) is 4.79 Å². The van der Waals surface area contributed by atoms with E-state index in [9.17, 15) is 24.5 Å². The van der Waals surface area contributed by atoms with Crippen molar-refractivity contribution in [2.45, 2.75) is 33.1 Å². The number of thioether (sulfide) groups is 1. The molecule has 0 amide bonds. The van der Waals surface area contributed by atoms with Gasteiger partial charge in [-0.15, -0.1) is 0 Å². The number of ether oxygens (including phenoxy) is 2. The van der Waals surface area contributed by atoms with Gasteiger partial charge in [-0.1, -0.05) is 26.0 Å². The number of hydrogen-bond donors (Lipinski definition) is 1. The molecule has 0 saturated heterocycles. The molecule has 1 N–H and O–H groups in total. The van der Waals surface area contributed by atoms with Gasteiger partial charge in [0.2, 0.25) is 0 Å². The number of esters is 2. The molecule has 0 spiro atoms. The van der Waals surface area contributed by atoms with E-state index in [4.69, 9.17) is 9.47 Å². The van der Waals surface area contributed by atoms with E-state index in [1.54, 1.807) is 25.6 Å². The Balaban J connectivity index is 2.08. The molecule has 9 nitrogen and oxygen atoms in total. The lowest BCUT2D eigenvalue weighted by molar-refractivity contribution is -0.384. The highest BCUT2D eigenvalue weighted by atomic mass is 32.2. The van der Waals surface area contributed by atoms with Gasteiger partial charge in [0.1, 0.15) is 12.5 Å². The molecular weight excluding hydrogens is 460 g/mol. The van der Waals surface area contributed by atoms with Crippen LogP contribution in [0.5, 0.6) is 0 Å². The van der Waals surface area contributed by atoms with Crippen LogP contribution in [0.3, 0.4) is 0 Å². The summed E-state index contributed by atoms with van der Waals surface area (Å²) in [5.74, 6) is -2.20. The molecule has 1 aliphatic heterocycles. The van der Waals surface area contributed by atoms with Crippen LogP contribution in [-0.2, 0) is 23.9 Å². The summed E-state index contributed by atoms with van der Waals surface area (Å²) in [5.41, 5.74) is 2.15. The number of nitro benzene ring substituents is 1. The van der Waals surface area contributed by atoms with E-state index < -0.39 is 34.5 Å². The van der Waals surface area contributed by atoms with E-state index in [0.717, 1.165) is 5.75 Å². The maximum absolute atomic E-state index is 13.6. The fourth-order valence-corrected chi connectivity index (χ4v) is 4.98. The molecule has 0 saturated carbocycles. The van der Waals surface area contributed by atoms with Crippen molar-refractivity contribution in [2.24, 2.45) is 11.8 Å². The number of non-ortho nitro benzene ring substituents is 1. The molecule has 0 unspecified atom stereocenters. The summed E-state index contributed by atoms with van der Waals surface area (Å²) >= 11 is 1.64. The lowest BCUT2D eigenvalue weighted by Gasteiger charge is -2.38. The van der Waals surface area contributed by atoms with Crippen LogP contribution in [0.2, 0.25) is 0 Å². The summed E-state index contributed by atoms with van der Waals surface area (Å²) < 4.78 is 10.4. The van der Waals surface area contributed by atoms with Crippen molar-refractivity contribution in [1.29, 1.82) is 0 Å². The zero-order valence-electron chi connectivity index (χ0n) is 19.6. The number of hydrogen-bond acceptors (Lipinski definition) is 9. The second kappa shape index (κ2) is 10.9. The number of dihydropyridines is 1. The lowest BCUT2D eigenvalue weighted by Crippen LogP contribution is -2.43. The molecule has 0 bridgehead atoms. The Morgan fingerprint density at radius 1 is 1.26 bits per heavy atom. The van der Waals surface area contributed by atoms with E-state index in [-0.39, 0.29) is 23.8 Å². The summed E-state index contributed by atoms with van der Waals surface area (Å²) in [5, 5.41) is 14.3. The Kier molecular flexibility index (Phi) is 8.14. The molecule has 1 aromatic rings. The van der Waals surface area contributed by atoms with Gasteiger partial charge in [-0.05, 0) is 30.6 Å². The molecule has 1 heterocycles. The molecule has 0 fully saturated rings. The number of methoxy groups -OCH3 is 1. The van der Waals surface area contributed by atoms with E-state index in [1.165, 1.54) is 31.4 Å². The summed E-state index contributed by atoms with van der Waals surface area (Å²) in [4.78, 5) is 49.9. The fraction of sp³-hybridized carbons (Fsp3) is 0.458. The molecule has 10 heteroatoms. The molecule has 2 aliphatic rings. The number of rotatable bonds is 8. The van der Waals surface area contributed by atoms with Crippen molar-refractivity contribution in [3.05, 3.63) is 62.5 Å². The topological polar surface area (TPSA) is 125 Å². The van der Waals surface area contributed by atoms with Crippen LogP contribution in [0.15, 0.2) is 46.8 Å². The zero-order chi connectivity index (χ0) is 25.0. The van der Waals surface area contributed by atoms with Gasteiger partial charge in [0.15, 0.2) is 5.78 Å². The van der Waals surface area contributed by atoms with E-state index >= 15 is 0 Å². The van der Waals surface area contributed by atoms with Crippen LogP contribution in [0.1, 0.15) is 38.7 Å². The molecular formula is C24H28N2O7S. The first-order valence-corrected chi connectivity index (χ1v) is 12.2. The Morgan fingerprint density at radius 3 is 2.53 bits per heavy atom. The molecule has 0 radical (unpaired) electrons. The Morgan fingerprint density at radius 2 is 1.94 bits per heavy atom. The number of Topliss-reactive ketones (excluding diaryl/α,β-unsaturated/α-hetero) is 1. The first-order chi connectivity index (χ1) is 16.2. The maximum atomic E-state index is 13.6. The lowest BCUT2D eigenvalue weighted by atomic mass is 9.69. The minimum atomic E-state index is -0.997. The molecule has 0 aromatic heterocycles. The number of carbonyl (C=O) groups excluding carboxylic acids is 3. The predicted octanol–water partition coefficient (Wildman–Crippen LogP) is 3.50. The number of benzene rings is 1. The quantitative estimate of drug-likeness (QED) is 0.192. The normalized spacial score (nSPS) is 22.1. The van der Waals surface area contributed by atoms with Crippen molar-refractivity contribution >= 4 is 35.2 Å². The van der Waals surface area contributed by atoms with E-state index in [0.29, 0.717) is 34.7 Å². The average Bonchev–Trinajstić information content (AvgIpc) is 2.80. The van der Waals surface area contributed by atoms with Crippen molar-refractivity contribution in [1.82, 2.24) is 5.32 Å². The van der Waals surface area contributed by atoms with Gasteiger partial charge in [-0.2, -0.15) is 11.8 Å². The van der Waals surface area contributed by atoms with Gasteiger partial charge in [0, 0.05) is 40.8 Å². The van der Waals surface area contributed by atoms with Crippen LogP contribution in [-0.4, -0.2) is 47.9 Å². The Labute approximate surface area is 202 Å². The SMILES string of the molecule is CCSCCOC(=O)C1=C(C)NC2=C(C(=O)[C@@H](C(=O)OC)[C@@H](C)C2)[C@@H]1c1ccc([N+](=O)[O-])cc1. The largest absolute Gasteiger partial charge is 0.468 e. The number of carbonyl (C=O) groups is 3. The third-order valence-corrected chi connectivity index (χ3v) is 6.93.